The third kappa shape index (κ3) is 2.51. The minimum Gasteiger partial charge on any atom is -0.367 e. The van der Waals surface area contributed by atoms with Gasteiger partial charge in [-0.15, -0.1) is 0 Å². The van der Waals surface area contributed by atoms with Gasteiger partial charge < -0.3 is 10.1 Å². The maximum atomic E-state index is 6.03. The summed E-state index contributed by atoms with van der Waals surface area (Å²) in [5, 5.41) is 3.37. The lowest BCUT2D eigenvalue weighted by Crippen LogP contribution is -2.32. The molecule has 1 aliphatic rings. The van der Waals surface area contributed by atoms with E-state index in [0.29, 0.717) is 6.61 Å². The van der Waals surface area contributed by atoms with Crippen molar-refractivity contribution in [3.8, 4) is 0 Å². The fraction of sp³-hybridized carbons (Fsp3) is 0.733. The highest BCUT2D eigenvalue weighted by Crippen LogP contribution is 2.32. The van der Waals surface area contributed by atoms with Gasteiger partial charge in [0.1, 0.15) is 5.60 Å². The number of nitrogens with one attached hydrogen (secondary N) is 1. The molecule has 1 aromatic heterocycles. The molecule has 0 atom stereocenters. The summed E-state index contributed by atoms with van der Waals surface area (Å²) in [6, 6.07) is 0. The van der Waals surface area contributed by atoms with Crippen LogP contribution in [-0.4, -0.2) is 16.6 Å². The summed E-state index contributed by atoms with van der Waals surface area (Å²) in [7, 11) is 0. The Morgan fingerprint density at radius 1 is 1.11 bits per heavy atom. The van der Waals surface area contributed by atoms with Gasteiger partial charge in [-0.05, 0) is 26.2 Å². The molecule has 0 aliphatic carbocycles. The first-order chi connectivity index (χ1) is 9.20. The topological polar surface area (TPSA) is 47.0 Å². The fourth-order valence-corrected chi connectivity index (χ4v) is 2.85. The molecule has 0 fully saturated rings. The normalized spacial score (nSPS) is 14.7. The third-order valence-electron chi connectivity index (χ3n) is 4.08. The SMILES string of the molecule is CCOC(CC)(CC)c1nc(CC)c2c(n1)CNC2. The van der Waals surface area contributed by atoms with E-state index in [1.165, 1.54) is 11.3 Å². The van der Waals surface area contributed by atoms with E-state index in [1.807, 2.05) is 6.92 Å². The van der Waals surface area contributed by atoms with Gasteiger partial charge in [0.15, 0.2) is 5.82 Å². The summed E-state index contributed by atoms with van der Waals surface area (Å²) >= 11 is 0. The van der Waals surface area contributed by atoms with Crippen LogP contribution in [0.5, 0.6) is 0 Å². The van der Waals surface area contributed by atoms with Crippen molar-refractivity contribution >= 4 is 0 Å². The molecular weight excluding hydrogens is 238 g/mol. The Balaban J connectivity index is 2.49. The summed E-state index contributed by atoms with van der Waals surface area (Å²) in [4.78, 5) is 9.62. The van der Waals surface area contributed by atoms with E-state index < -0.39 is 0 Å². The molecule has 1 aliphatic heterocycles. The molecule has 0 unspecified atom stereocenters. The molecule has 0 bridgehead atoms. The first kappa shape index (κ1) is 14.4. The van der Waals surface area contributed by atoms with Crippen molar-refractivity contribution in [3.63, 3.8) is 0 Å². The van der Waals surface area contributed by atoms with Crippen LogP contribution in [-0.2, 0) is 29.8 Å². The molecular formula is C15H25N3O. The lowest BCUT2D eigenvalue weighted by molar-refractivity contribution is -0.0574. The van der Waals surface area contributed by atoms with E-state index in [9.17, 15) is 0 Å². The van der Waals surface area contributed by atoms with Crippen LogP contribution in [0, 0.1) is 0 Å². The van der Waals surface area contributed by atoms with Crippen LogP contribution in [0.4, 0.5) is 0 Å². The van der Waals surface area contributed by atoms with E-state index in [-0.39, 0.29) is 5.60 Å². The molecule has 0 amide bonds. The summed E-state index contributed by atoms with van der Waals surface area (Å²) in [6.45, 7) is 11.0. The first-order valence-electron chi connectivity index (χ1n) is 7.44. The highest BCUT2D eigenvalue weighted by atomic mass is 16.5. The average Bonchev–Trinajstić information content (AvgIpc) is 2.92. The molecule has 1 N–H and O–H groups in total. The van der Waals surface area contributed by atoms with E-state index >= 15 is 0 Å². The summed E-state index contributed by atoms with van der Waals surface area (Å²) in [5.41, 5.74) is 3.31. The van der Waals surface area contributed by atoms with Crippen molar-refractivity contribution in [2.24, 2.45) is 0 Å². The second-order valence-electron chi connectivity index (χ2n) is 5.01. The van der Waals surface area contributed by atoms with Gasteiger partial charge in [-0.3, -0.25) is 0 Å². The Hall–Kier alpha value is -1.00. The Bertz CT molecular complexity index is 441. The zero-order valence-electron chi connectivity index (χ0n) is 12.5. The van der Waals surface area contributed by atoms with Gasteiger partial charge in [0.05, 0.1) is 5.69 Å². The molecule has 0 saturated carbocycles. The largest absolute Gasteiger partial charge is 0.367 e. The zero-order chi connectivity index (χ0) is 13.9. The highest BCUT2D eigenvalue weighted by molar-refractivity contribution is 5.30. The minimum atomic E-state index is -0.323. The van der Waals surface area contributed by atoms with E-state index in [0.717, 1.165) is 43.9 Å². The lowest BCUT2D eigenvalue weighted by atomic mass is 9.95. The Morgan fingerprint density at radius 3 is 2.42 bits per heavy atom. The van der Waals surface area contributed by atoms with Gasteiger partial charge in [-0.25, -0.2) is 9.97 Å². The molecule has 0 radical (unpaired) electrons. The van der Waals surface area contributed by atoms with Gasteiger partial charge in [0.25, 0.3) is 0 Å². The van der Waals surface area contributed by atoms with Gasteiger partial charge >= 0.3 is 0 Å². The van der Waals surface area contributed by atoms with Crippen molar-refractivity contribution in [3.05, 3.63) is 22.8 Å². The Kier molecular flexibility index (Phi) is 4.53. The van der Waals surface area contributed by atoms with Crippen LogP contribution >= 0.6 is 0 Å². The number of hydrogen-bond acceptors (Lipinski definition) is 4. The number of aryl methyl sites for hydroxylation is 1. The standard InChI is InChI=1S/C15H25N3O/c1-5-12-11-9-16-10-13(11)18-14(17-12)15(6-2,7-3)19-8-4/h16H,5-10H2,1-4H3. The second kappa shape index (κ2) is 5.97. The van der Waals surface area contributed by atoms with Crippen LogP contribution in [0.1, 0.15) is 63.3 Å². The number of nitrogens with zero attached hydrogens (tertiary/aromatic N) is 2. The number of ether oxygens (including phenoxy) is 1. The van der Waals surface area contributed by atoms with Crippen molar-refractivity contribution in [2.45, 2.75) is 65.6 Å². The van der Waals surface area contributed by atoms with E-state index in [1.54, 1.807) is 0 Å². The van der Waals surface area contributed by atoms with Gasteiger partial charge in [0, 0.05) is 31.0 Å². The first-order valence-corrected chi connectivity index (χ1v) is 7.44. The van der Waals surface area contributed by atoms with Crippen molar-refractivity contribution in [1.82, 2.24) is 15.3 Å². The average molecular weight is 263 g/mol. The van der Waals surface area contributed by atoms with E-state index in [2.05, 4.69) is 26.1 Å². The third-order valence-corrected chi connectivity index (χ3v) is 4.08. The second-order valence-corrected chi connectivity index (χ2v) is 5.01. The lowest BCUT2D eigenvalue weighted by Gasteiger charge is -2.30. The molecule has 2 rings (SSSR count). The van der Waals surface area contributed by atoms with Crippen LogP contribution in [0.25, 0.3) is 0 Å². The Labute approximate surface area is 116 Å². The number of aromatic nitrogens is 2. The molecule has 4 nitrogen and oxygen atoms in total. The van der Waals surface area contributed by atoms with Crippen molar-refractivity contribution < 1.29 is 4.74 Å². The minimum absolute atomic E-state index is 0.323. The maximum Gasteiger partial charge on any atom is 0.160 e. The van der Waals surface area contributed by atoms with Crippen LogP contribution in [0.2, 0.25) is 0 Å². The van der Waals surface area contributed by atoms with Gasteiger partial charge in [0.2, 0.25) is 0 Å². The van der Waals surface area contributed by atoms with Crippen LogP contribution < -0.4 is 5.32 Å². The molecule has 0 aromatic carbocycles. The fourth-order valence-electron chi connectivity index (χ4n) is 2.85. The smallest absolute Gasteiger partial charge is 0.160 e. The molecule has 1 aromatic rings. The highest BCUT2D eigenvalue weighted by Gasteiger charge is 2.34. The number of hydrogen-bond donors (Lipinski definition) is 1. The van der Waals surface area contributed by atoms with E-state index in [4.69, 9.17) is 14.7 Å². The molecule has 106 valence electrons. The van der Waals surface area contributed by atoms with Crippen LogP contribution in [0.15, 0.2) is 0 Å². The summed E-state index contributed by atoms with van der Waals surface area (Å²) in [5.74, 6) is 0.874. The number of fused-ring (bicyclic) bond motifs is 1. The van der Waals surface area contributed by atoms with Crippen LogP contribution in [0.3, 0.4) is 0 Å². The molecule has 0 saturated heterocycles. The maximum absolute atomic E-state index is 6.03. The molecule has 2 heterocycles. The summed E-state index contributed by atoms with van der Waals surface area (Å²) < 4.78 is 6.03. The predicted molar refractivity (Wildman–Crippen MR) is 75.8 cm³/mol. The molecule has 19 heavy (non-hydrogen) atoms. The van der Waals surface area contributed by atoms with Crippen molar-refractivity contribution in [1.29, 1.82) is 0 Å². The summed E-state index contributed by atoms with van der Waals surface area (Å²) in [6.07, 6.45) is 2.77. The zero-order valence-corrected chi connectivity index (χ0v) is 12.5. The number of rotatable bonds is 6. The van der Waals surface area contributed by atoms with Crippen molar-refractivity contribution in [2.75, 3.05) is 6.61 Å². The quantitative estimate of drug-likeness (QED) is 0.857. The van der Waals surface area contributed by atoms with Gasteiger partial charge in [-0.1, -0.05) is 20.8 Å². The van der Waals surface area contributed by atoms with Gasteiger partial charge in [-0.2, -0.15) is 0 Å². The predicted octanol–water partition coefficient (Wildman–Crippen LogP) is 2.69. The molecule has 4 heteroatoms. The monoisotopic (exact) mass is 263 g/mol. The Morgan fingerprint density at radius 2 is 1.84 bits per heavy atom. The molecule has 0 spiro atoms.